The molecule has 3 aromatic rings. The monoisotopic (exact) mass is 468 g/mol. The van der Waals surface area contributed by atoms with Gasteiger partial charge in [-0.1, -0.05) is 13.0 Å². The number of nitrogens with one attached hydrogen (secondary N) is 1. The Labute approximate surface area is 182 Å². The van der Waals surface area contributed by atoms with Crippen LogP contribution in [-0.4, -0.2) is 50.8 Å². The molecule has 9 heteroatoms. The van der Waals surface area contributed by atoms with Crippen molar-refractivity contribution in [2.45, 2.75) is 19.4 Å². The van der Waals surface area contributed by atoms with Crippen molar-refractivity contribution in [1.82, 2.24) is 25.2 Å². The van der Waals surface area contributed by atoms with E-state index in [-0.39, 0.29) is 23.8 Å². The summed E-state index contributed by atoms with van der Waals surface area (Å²) in [5.41, 5.74) is 7.01. The summed E-state index contributed by atoms with van der Waals surface area (Å²) in [5.74, 6) is 0.0746. The Morgan fingerprint density at radius 2 is 2.00 bits per heavy atom. The fourth-order valence-electron chi connectivity index (χ4n) is 3.55. The van der Waals surface area contributed by atoms with E-state index < -0.39 is 0 Å². The number of piperidine rings is 1. The van der Waals surface area contributed by atoms with Gasteiger partial charge in [0.05, 0.1) is 9.99 Å². The second-order valence-electron chi connectivity index (χ2n) is 7.43. The first-order valence-corrected chi connectivity index (χ1v) is 10.4. The molecule has 4 rings (SSSR count). The van der Waals surface area contributed by atoms with Crippen LogP contribution in [0, 0.1) is 5.92 Å². The van der Waals surface area contributed by atoms with Gasteiger partial charge in [0.1, 0.15) is 17.2 Å². The Morgan fingerprint density at radius 3 is 2.80 bits per heavy atom. The van der Waals surface area contributed by atoms with Crippen molar-refractivity contribution >= 4 is 44.5 Å². The molecule has 2 unspecified atom stereocenters. The molecule has 1 fully saturated rings. The summed E-state index contributed by atoms with van der Waals surface area (Å²) in [6, 6.07) is 8.31. The number of hydrogen-bond acceptors (Lipinski definition) is 6. The van der Waals surface area contributed by atoms with Gasteiger partial charge in [-0.05, 0) is 52.5 Å². The molecule has 0 bridgehead atoms. The molecule has 1 aliphatic heterocycles. The van der Waals surface area contributed by atoms with Gasteiger partial charge >= 0.3 is 0 Å². The maximum atomic E-state index is 12.9. The summed E-state index contributed by atoms with van der Waals surface area (Å²) < 4.78 is 0.729. The highest BCUT2D eigenvalue weighted by atomic mass is 79.9. The van der Waals surface area contributed by atoms with Crippen molar-refractivity contribution in [3.63, 3.8) is 0 Å². The van der Waals surface area contributed by atoms with E-state index in [1.807, 2.05) is 6.07 Å². The number of hydrogen-bond donors (Lipinski definition) is 2. The predicted octanol–water partition coefficient (Wildman–Crippen LogP) is 2.65. The van der Waals surface area contributed by atoms with Crippen LogP contribution in [0.5, 0.6) is 0 Å². The van der Waals surface area contributed by atoms with E-state index in [4.69, 9.17) is 5.73 Å². The molecule has 8 nitrogen and oxygen atoms in total. The highest BCUT2D eigenvalue weighted by molar-refractivity contribution is 9.10. The van der Waals surface area contributed by atoms with Crippen molar-refractivity contribution in [1.29, 1.82) is 0 Å². The summed E-state index contributed by atoms with van der Waals surface area (Å²) in [7, 11) is 0. The number of halogens is 1. The zero-order chi connectivity index (χ0) is 21.3. The standard InChI is InChI=1S/C21H21BrN6O2/c1-12-7-8-28(21(30)16-3-2-4-18(23)25-16)11-17(12)27-20(29)15-6-5-13-9-24-10-14(22)19(13)26-15/h2-6,9-10,12,17H,7-8,11H2,1H3,(H2,23,25)(H,27,29). The minimum atomic E-state index is -0.270. The first kappa shape index (κ1) is 20.2. The van der Waals surface area contributed by atoms with Gasteiger partial charge in [0.25, 0.3) is 11.8 Å². The van der Waals surface area contributed by atoms with Crippen LogP contribution in [0.15, 0.2) is 47.2 Å². The minimum absolute atomic E-state index is 0.186. The Morgan fingerprint density at radius 1 is 1.17 bits per heavy atom. The van der Waals surface area contributed by atoms with Crippen molar-refractivity contribution < 1.29 is 9.59 Å². The number of carbonyl (C=O) groups excluding carboxylic acids is 2. The molecule has 0 aliphatic carbocycles. The maximum absolute atomic E-state index is 12.9. The molecule has 3 N–H and O–H groups in total. The smallest absolute Gasteiger partial charge is 0.272 e. The lowest BCUT2D eigenvalue weighted by Gasteiger charge is -2.37. The van der Waals surface area contributed by atoms with Crippen LogP contribution in [0.25, 0.3) is 10.9 Å². The van der Waals surface area contributed by atoms with E-state index >= 15 is 0 Å². The van der Waals surface area contributed by atoms with Crippen molar-refractivity contribution in [2.75, 3.05) is 18.8 Å². The Balaban J connectivity index is 1.50. The molecule has 2 amide bonds. The van der Waals surface area contributed by atoms with E-state index in [0.717, 1.165) is 16.3 Å². The zero-order valence-corrected chi connectivity index (χ0v) is 18.0. The lowest BCUT2D eigenvalue weighted by Crippen LogP contribution is -2.53. The van der Waals surface area contributed by atoms with Gasteiger partial charge in [-0.15, -0.1) is 0 Å². The summed E-state index contributed by atoms with van der Waals surface area (Å²) >= 11 is 3.42. The molecule has 30 heavy (non-hydrogen) atoms. The molecular weight excluding hydrogens is 448 g/mol. The number of carbonyl (C=O) groups is 2. The van der Waals surface area contributed by atoms with E-state index in [1.54, 1.807) is 41.6 Å². The molecular formula is C21H21BrN6O2. The van der Waals surface area contributed by atoms with Crippen LogP contribution in [-0.2, 0) is 0 Å². The van der Waals surface area contributed by atoms with Gasteiger partial charge in [-0.25, -0.2) is 9.97 Å². The molecule has 3 aromatic heterocycles. The first-order valence-electron chi connectivity index (χ1n) is 9.65. The lowest BCUT2D eigenvalue weighted by molar-refractivity contribution is 0.0619. The normalized spacial score (nSPS) is 18.9. The van der Waals surface area contributed by atoms with E-state index in [2.05, 4.69) is 43.1 Å². The number of nitrogens with two attached hydrogens (primary N) is 1. The molecule has 4 heterocycles. The van der Waals surface area contributed by atoms with Crippen LogP contribution in [0.1, 0.15) is 34.3 Å². The number of amides is 2. The second kappa shape index (κ2) is 8.35. The molecule has 154 valence electrons. The molecule has 1 saturated heterocycles. The quantitative estimate of drug-likeness (QED) is 0.610. The third-order valence-electron chi connectivity index (χ3n) is 5.34. The number of nitrogen functional groups attached to an aromatic ring is 1. The molecule has 2 atom stereocenters. The number of rotatable bonds is 3. The third kappa shape index (κ3) is 4.11. The number of likely N-dealkylation sites (tertiary alicyclic amines) is 1. The number of aromatic nitrogens is 3. The average Bonchev–Trinajstić information content (AvgIpc) is 2.75. The number of pyridine rings is 3. The fourth-order valence-corrected chi connectivity index (χ4v) is 3.99. The van der Waals surface area contributed by atoms with E-state index in [0.29, 0.717) is 35.8 Å². The Kier molecular flexibility index (Phi) is 5.63. The lowest BCUT2D eigenvalue weighted by atomic mass is 9.93. The van der Waals surface area contributed by atoms with E-state index in [9.17, 15) is 9.59 Å². The molecule has 0 radical (unpaired) electrons. The van der Waals surface area contributed by atoms with Crippen molar-refractivity contribution in [2.24, 2.45) is 5.92 Å². The van der Waals surface area contributed by atoms with Gasteiger partial charge in [0, 0.05) is 36.9 Å². The summed E-state index contributed by atoms with van der Waals surface area (Å²) in [6.07, 6.45) is 4.13. The van der Waals surface area contributed by atoms with Gasteiger partial charge in [0.15, 0.2) is 0 Å². The molecule has 0 saturated carbocycles. The Hall–Kier alpha value is -3.07. The van der Waals surface area contributed by atoms with E-state index in [1.165, 1.54) is 0 Å². The maximum Gasteiger partial charge on any atom is 0.272 e. The highest BCUT2D eigenvalue weighted by Gasteiger charge is 2.31. The summed E-state index contributed by atoms with van der Waals surface area (Å²) in [5, 5.41) is 3.89. The fraction of sp³-hybridized carbons (Fsp3) is 0.286. The summed E-state index contributed by atoms with van der Waals surface area (Å²) in [4.78, 5) is 40.1. The van der Waals surface area contributed by atoms with Crippen LogP contribution in [0.3, 0.4) is 0 Å². The highest BCUT2D eigenvalue weighted by Crippen LogP contribution is 2.22. The third-order valence-corrected chi connectivity index (χ3v) is 5.92. The predicted molar refractivity (Wildman–Crippen MR) is 117 cm³/mol. The number of anilines is 1. The van der Waals surface area contributed by atoms with Crippen molar-refractivity contribution in [3.8, 4) is 0 Å². The SMILES string of the molecule is CC1CCN(C(=O)c2cccc(N)n2)CC1NC(=O)c1ccc2cncc(Br)c2n1. The van der Waals surface area contributed by atoms with Gasteiger partial charge in [-0.3, -0.25) is 14.6 Å². The van der Waals surface area contributed by atoms with Crippen molar-refractivity contribution in [3.05, 3.63) is 58.6 Å². The largest absolute Gasteiger partial charge is 0.384 e. The van der Waals surface area contributed by atoms with Gasteiger partial charge in [-0.2, -0.15) is 0 Å². The molecule has 1 aliphatic rings. The number of fused-ring (bicyclic) bond motifs is 1. The molecule has 0 aromatic carbocycles. The van der Waals surface area contributed by atoms with Crippen LogP contribution < -0.4 is 11.1 Å². The number of nitrogens with zero attached hydrogens (tertiary/aromatic N) is 4. The zero-order valence-electron chi connectivity index (χ0n) is 16.4. The molecule has 0 spiro atoms. The van der Waals surface area contributed by atoms with Crippen LogP contribution in [0.4, 0.5) is 5.82 Å². The topological polar surface area (TPSA) is 114 Å². The minimum Gasteiger partial charge on any atom is -0.384 e. The Bertz CT molecular complexity index is 1120. The van der Waals surface area contributed by atoms with Crippen LogP contribution >= 0.6 is 15.9 Å². The van der Waals surface area contributed by atoms with Crippen LogP contribution in [0.2, 0.25) is 0 Å². The second-order valence-corrected chi connectivity index (χ2v) is 8.29. The summed E-state index contributed by atoms with van der Waals surface area (Å²) in [6.45, 7) is 3.09. The van der Waals surface area contributed by atoms with Gasteiger partial charge in [0.2, 0.25) is 0 Å². The average molecular weight is 469 g/mol. The van der Waals surface area contributed by atoms with Gasteiger partial charge < -0.3 is 16.0 Å². The first-order chi connectivity index (χ1) is 14.4.